The Bertz CT molecular complexity index is 1260. The van der Waals surface area contributed by atoms with Gasteiger partial charge in [-0.1, -0.05) is 30.3 Å². The summed E-state index contributed by atoms with van der Waals surface area (Å²) >= 11 is 1.26. The molecule has 5 nitrogen and oxygen atoms in total. The van der Waals surface area contributed by atoms with Crippen molar-refractivity contribution < 1.29 is 18.0 Å². The van der Waals surface area contributed by atoms with Crippen molar-refractivity contribution in [3.05, 3.63) is 70.8 Å². The van der Waals surface area contributed by atoms with E-state index in [0.717, 1.165) is 26.8 Å². The summed E-state index contributed by atoms with van der Waals surface area (Å²) in [6.07, 6.45) is -3.36. The van der Waals surface area contributed by atoms with E-state index in [1.807, 2.05) is 24.3 Å². The lowest BCUT2D eigenvalue weighted by Crippen LogP contribution is -2.28. The third-order valence-corrected chi connectivity index (χ3v) is 5.32. The lowest BCUT2D eigenvalue weighted by atomic mass is 10.1. The minimum absolute atomic E-state index is 0.357. The fourth-order valence-corrected chi connectivity index (χ4v) is 4.02. The van der Waals surface area contributed by atoms with Crippen LogP contribution in [0.2, 0.25) is 0 Å². The van der Waals surface area contributed by atoms with Crippen LogP contribution in [0.25, 0.3) is 20.3 Å². The van der Waals surface area contributed by atoms with Gasteiger partial charge >= 0.3 is 6.18 Å². The Balaban J connectivity index is 1.64. The normalized spacial score (nSPS) is 11.8. The van der Waals surface area contributed by atoms with Crippen molar-refractivity contribution in [3.63, 3.8) is 0 Å². The van der Waals surface area contributed by atoms with E-state index in [4.69, 9.17) is 0 Å². The third-order valence-electron chi connectivity index (χ3n) is 4.17. The Morgan fingerprint density at radius 3 is 2.61 bits per heavy atom. The first-order valence-electron chi connectivity index (χ1n) is 8.17. The van der Waals surface area contributed by atoms with Gasteiger partial charge in [0, 0.05) is 10.1 Å². The van der Waals surface area contributed by atoms with Gasteiger partial charge in [-0.05, 0) is 18.2 Å². The Morgan fingerprint density at radius 2 is 1.82 bits per heavy atom. The number of nitrogens with one attached hydrogen (secondary N) is 1. The molecule has 1 N–H and O–H groups in total. The fourth-order valence-electron chi connectivity index (χ4n) is 2.91. The van der Waals surface area contributed by atoms with Crippen LogP contribution in [0.4, 0.5) is 18.9 Å². The summed E-state index contributed by atoms with van der Waals surface area (Å²) in [5.41, 5.74) is -1.17. The number of para-hydroxylation sites is 1. The van der Waals surface area contributed by atoms with Gasteiger partial charge in [-0.3, -0.25) is 14.2 Å². The average Bonchev–Trinajstić information content (AvgIpc) is 3.03. The molecule has 4 aromatic rings. The van der Waals surface area contributed by atoms with E-state index in [9.17, 15) is 22.8 Å². The Labute approximate surface area is 160 Å². The highest BCUT2D eigenvalue weighted by molar-refractivity contribution is 7.25. The first-order chi connectivity index (χ1) is 13.3. The zero-order chi connectivity index (χ0) is 19.9. The summed E-state index contributed by atoms with van der Waals surface area (Å²) in [6.45, 7) is -0.442. The molecule has 0 radical (unpaired) electrons. The standard InChI is InChI=1S/C19H12F3N3O2S/c20-19(21,22)12-6-2-3-7-13(12)24-15(26)9-25-10-23-16-11-5-1-4-8-14(11)28-17(16)18(25)27/h1-8,10H,9H2,(H,24,26). The maximum Gasteiger partial charge on any atom is 0.418 e. The number of anilines is 1. The third kappa shape index (κ3) is 3.24. The van der Waals surface area contributed by atoms with Crippen LogP contribution in [-0.4, -0.2) is 15.5 Å². The van der Waals surface area contributed by atoms with Gasteiger partial charge in [-0.2, -0.15) is 13.2 Å². The molecule has 142 valence electrons. The number of alkyl halides is 3. The Morgan fingerprint density at radius 1 is 1.11 bits per heavy atom. The lowest BCUT2D eigenvalue weighted by Gasteiger charge is -2.13. The molecular weight excluding hydrogens is 391 g/mol. The van der Waals surface area contributed by atoms with E-state index in [2.05, 4.69) is 10.3 Å². The van der Waals surface area contributed by atoms with Crippen molar-refractivity contribution in [3.8, 4) is 0 Å². The maximum absolute atomic E-state index is 13.1. The highest BCUT2D eigenvalue weighted by Crippen LogP contribution is 2.34. The molecule has 0 aliphatic rings. The topological polar surface area (TPSA) is 64.0 Å². The molecule has 0 fully saturated rings. The van der Waals surface area contributed by atoms with Gasteiger partial charge in [0.15, 0.2) is 0 Å². The molecule has 0 aliphatic heterocycles. The summed E-state index contributed by atoms with van der Waals surface area (Å²) < 4.78 is 41.5. The lowest BCUT2D eigenvalue weighted by molar-refractivity contribution is -0.137. The van der Waals surface area contributed by atoms with Crippen LogP contribution in [0.1, 0.15) is 5.56 Å². The first kappa shape index (κ1) is 18.2. The van der Waals surface area contributed by atoms with E-state index in [-0.39, 0.29) is 5.69 Å². The largest absolute Gasteiger partial charge is 0.418 e. The number of rotatable bonds is 3. The number of carbonyl (C=O) groups is 1. The summed E-state index contributed by atoms with van der Waals surface area (Å²) in [6, 6.07) is 12.1. The van der Waals surface area contributed by atoms with Crippen LogP contribution in [0, 0.1) is 0 Å². The summed E-state index contributed by atoms with van der Waals surface area (Å²) in [5.74, 6) is -0.749. The van der Waals surface area contributed by atoms with Crippen LogP contribution in [0.5, 0.6) is 0 Å². The zero-order valence-electron chi connectivity index (χ0n) is 14.2. The van der Waals surface area contributed by atoms with Gasteiger partial charge in [0.1, 0.15) is 11.2 Å². The second kappa shape index (κ2) is 6.75. The Hall–Kier alpha value is -3.20. The molecule has 0 saturated carbocycles. The van der Waals surface area contributed by atoms with Crippen molar-refractivity contribution in [1.82, 2.24) is 9.55 Å². The molecule has 0 spiro atoms. The van der Waals surface area contributed by atoms with E-state index < -0.39 is 29.8 Å². The minimum Gasteiger partial charge on any atom is -0.324 e. The van der Waals surface area contributed by atoms with E-state index in [0.29, 0.717) is 10.2 Å². The number of benzene rings is 2. The molecule has 4 rings (SSSR count). The van der Waals surface area contributed by atoms with Crippen LogP contribution >= 0.6 is 11.3 Å². The molecule has 2 aromatic heterocycles. The minimum atomic E-state index is -4.60. The molecule has 0 bridgehead atoms. The highest BCUT2D eigenvalue weighted by atomic mass is 32.1. The number of aromatic nitrogens is 2. The maximum atomic E-state index is 13.1. The first-order valence-corrected chi connectivity index (χ1v) is 8.99. The molecule has 0 saturated heterocycles. The van der Waals surface area contributed by atoms with Gasteiger partial charge in [-0.25, -0.2) is 4.98 Å². The predicted octanol–water partition coefficient (Wildman–Crippen LogP) is 4.27. The van der Waals surface area contributed by atoms with E-state index in [1.165, 1.54) is 29.8 Å². The number of nitrogens with zero attached hydrogens (tertiary/aromatic N) is 2. The number of thiophene rings is 1. The second-order valence-corrected chi connectivity index (χ2v) is 7.10. The molecule has 1 amide bonds. The molecule has 28 heavy (non-hydrogen) atoms. The van der Waals surface area contributed by atoms with Crippen LogP contribution in [0.15, 0.2) is 59.7 Å². The molecule has 0 unspecified atom stereocenters. The zero-order valence-corrected chi connectivity index (χ0v) is 15.0. The van der Waals surface area contributed by atoms with Gasteiger partial charge in [0.2, 0.25) is 5.91 Å². The van der Waals surface area contributed by atoms with E-state index >= 15 is 0 Å². The summed E-state index contributed by atoms with van der Waals surface area (Å²) in [4.78, 5) is 29.2. The second-order valence-electron chi connectivity index (χ2n) is 6.05. The molecule has 9 heteroatoms. The molecular formula is C19H12F3N3O2S. The average molecular weight is 403 g/mol. The number of amides is 1. The molecule has 0 aliphatic carbocycles. The van der Waals surface area contributed by atoms with Gasteiger partial charge in [0.05, 0.1) is 23.1 Å². The van der Waals surface area contributed by atoms with Crippen LogP contribution in [-0.2, 0) is 17.5 Å². The van der Waals surface area contributed by atoms with E-state index in [1.54, 1.807) is 0 Å². The smallest absolute Gasteiger partial charge is 0.324 e. The van der Waals surface area contributed by atoms with Gasteiger partial charge in [-0.15, -0.1) is 11.3 Å². The van der Waals surface area contributed by atoms with Crippen molar-refractivity contribution in [2.75, 3.05) is 5.32 Å². The number of hydrogen-bond donors (Lipinski definition) is 1. The Kier molecular flexibility index (Phi) is 4.38. The number of fused-ring (bicyclic) bond motifs is 3. The fraction of sp³-hybridized carbons (Fsp3) is 0.105. The predicted molar refractivity (Wildman–Crippen MR) is 101 cm³/mol. The summed E-state index contributed by atoms with van der Waals surface area (Å²) in [7, 11) is 0. The van der Waals surface area contributed by atoms with Crippen LogP contribution < -0.4 is 10.9 Å². The molecule has 2 aromatic carbocycles. The molecule has 2 heterocycles. The molecule has 0 atom stereocenters. The number of carbonyl (C=O) groups excluding carboxylic acids is 1. The summed E-state index contributed by atoms with van der Waals surface area (Å²) in [5, 5.41) is 3.07. The number of halogens is 3. The van der Waals surface area contributed by atoms with Crippen LogP contribution in [0.3, 0.4) is 0 Å². The van der Waals surface area contributed by atoms with Crippen molar-refractivity contribution in [2.24, 2.45) is 0 Å². The van der Waals surface area contributed by atoms with Crippen molar-refractivity contribution in [2.45, 2.75) is 12.7 Å². The highest BCUT2D eigenvalue weighted by Gasteiger charge is 2.33. The van der Waals surface area contributed by atoms with Gasteiger partial charge in [0.25, 0.3) is 5.56 Å². The van der Waals surface area contributed by atoms with Crippen molar-refractivity contribution >= 4 is 43.2 Å². The van der Waals surface area contributed by atoms with Crippen molar-refractivity contribution in [1.29, 1.82) is 0 Å². The monoisotopic (exact) mass is 403 g/mol. The quantitative estimate of drug-likeness (QED) is 0.556. The SMILES string of the molecule is O=C(Cn1cnc2c(sc3ccccc32)c1=O)Nc1ccccc1C(F)(F)F. The van der Waals surface area contributed by atoms with Gasteiger partial charge < -0.3 is 5.32 Å². The number of hydrogen-bond acceptors (Lipinski definition) is 4.